The van der Waals surface area contributed by atoms with Gasteiger partial charge in [0.25, 0.3) is 0 Å². The van der Waals surface area contributed by atoms with Crippen LogP contribution in [0.1, 0.15) is 30.5 Å². The highest BCUT2D eigenvalue weighted by molar-refractivity contribution is 7.09. The van der Waals surface area contributed by atoms with E-state index < -0.39 is 6.67 Å². The maximum atomic E-state index is 12.0. The average molecular weight is 159 g/mol. The van der Waals surface area contributed by atoms with Gasteiger partial charge in [0.15, 0.2) is 0 Å². The molecule has 0 spiro atoms. The van der Waals surface area contributed by atoms with Crippen molar-refractivity contribution in [3.63, 3.8) is 0 Å². The summed E-state index contributed by atoms with van der Waals surface area (Å²) in [5.74, 6) is 0.413. The van der Waals surface area contributed by atoms with E-state index in [1.165, 1.54) is 11.3 Å². The summed E-state index contributed by atoms with van der Waals surface area (Å²) in [4.78, 5) is 4.07. The van der Waals surface area contributed by atoms with Crippen LogP contribution in [0.3, 0.4) is 0 Å². The van der Waals surface area contributed by atoms with Gasteiger partial charge in [0.2, 0.25) is 0 Å². The standard InChI is InChI=1S/C7H10FNS/c1-5(2)6-4-10-7(3-8)9-6/h4-5H,3H2,1-2H3. The molecule has 1 rings (SSSR count). The number of thiazole rings is 1. The summed E-state index contributed by atoms with van der Waals surface area (Å²) in [5, 5.41) is 2.50. The molecule has 0 aliphatic carbocycles. The molecule has 10 heavy (non-hydrogen) atoms. The van der Waals surface area contributed by atoms with Gasteiger partial charge in [0, 0.05) is 5.38 Å². The van der Waals surface area contributed by atoms with Crippen LogP contribution in [0.15, 0.2) is 5.38 Å². The molecule has 56 valence electrons. The molecule has 0 unspecified atom stereocenters. The minimum atomic E-state index is -0.433. The van der Waals surface area contributed by atoms with Gasteiger partial charge in [-0.1, -0.05) is 13.8 Å². The lowest BCUT2D eigenvalue weighted by molar-refractivity contribution is 0.482. The van der Waals surface area contributed by atoms with Gasteiger partial charge >= 0.3 is 0 Å². The summed E-state index contributed by atoms with van der Waals surface area (Å²) >= 11 is 1.39. The summed E-state index contributed by atoms with van der Waals surface area (Å²) in [6.07, 6.45) is 0. The van der Waals surface area contributed by atoms with Gasteiger partial charge in [-0.3, -0.25) is 0 Å². The molecule has 0 atom stereocenters. The predicted octanol–water partition coefficient (Wildman–Crippen LogP) is 2.74. The second-order valence-corrected chi connectivity index (χ2v) is 3.40. The first-order chi connectivity index (χ1) is 4.74. The Bertz CT molecular complexity index is 207. The molecule has 0 aliphatic heterocycles. The van der Waals surface area contributed by atoms with Gasteiger partial charge in [-0.15, -0.1) is 11.3 Å². The van der Waals surface area contributed by atoms with E-state index in [0.29, 0.717) is 10.9 Å². The zero-order chi connectivity index (χ0) is 7.56. The van der Waals surface area contributed by atoms with Crippen molar-refractivity contribution in [1.29, 1.82) is 0 Å². The van der Waals surface area contributed by atoms with Gasteiger partial charge < -0.3 is 0 Å². The third-order valence-electron chi connectivity index (χ3n) is 1.28. The minimum Gasteiger partial charge on any atom is -0.243 e. The smallest absolute Gasteiger partial charge is 0.141 e. The highest BCUT2D eigenvalue weighted by Gasteiger charge is 2.03. The number of hydrogen-bond acceptors (Lipinski definition) is 2. The number of alkyl halides is 1. The Labute approximate surface area is 63.9 Å². The van der Waals surface area contributed by atoms with E-state index in [1.54, 1.807) is 0 Å². The van der Waals surface area contributed by atoms with Crippen LogP contribution in [0.25, 0.3) is 0 Å². The van der Waals surface area contributed by atoms with Crippen LogP contribution in [0.5, 0.6) is 0 Å². The van der Waals surface area contributed by atoms with Crippen molar-refractivity contribution >= 4 is 11.3 Å². The molecule has 1 aromatic rings. The second kappa shape index (κ2) is 3.10. The fraction of sp³-hybridized carbons (Fsp3) is 0.571. The van der Waals surface area contributed by atoms with E-state index in [2.05, 4.69) is 18.8 Å². The van der Waals surface area contributed by atoms with Crippen LogP contribution < -0.4 is 0 Å². The van der Waals surface area contributed by atoms with E-state index >= 15 is 0 Å². The lowest BCUT2D eigenvalue weighted by Crippen LogP contribution is -1.86. The largest absolute Gasteiger partial charge is 0.243 e. The molecule has 0 amide bonds. The zero-order valence-corrected chi connectivity index (χ0v) is 6.91. The van der Waals surface area contributed by atoms with Crippen molar-refractivity contribution in [3.8, 4) is 0 Å². The van der Waals surface area contributed by atoms with Crippen molar-refractivity contribution < 1.29 is 4.39 Å². The predicted molar refractivity (Wildman–Crippen MR) is 41.0 cm³/mol. The van der Waals surface area contributed by atoms with Gasteiger partial charge in [-0.25, -0.2) is 9.37 Å². The SMILES string of the molecule is CC(C)c1csc(CF)n1. The van der Waals surface area contributed by atoms with Crippen LogP contribution in [0.2, 0.25) is 0 Å². The Hall–Kier alpha value is -0.440. The molecule has 0 aromatic carbocycles. The lowest BCUT2D eigenvalue weighted by atomic mass is 10.2. The number of rotatable bonds is 2. The summed E-state index contributed by atoms with van der Waals surface area (Å²) in [6, 6.07) is 0. The molecule has 1 aromatic heterocycles. The highest BCUT2D eigenvalue weighted by atomic mass is 32.1. The van der Waals surface area contributed by atoms with Crippen molar-refractivity contribution in [3.05, 3.63) is 16.1 Å². The first-order valence-corrected chi connectivity index (χ1v) is 4.12. The Morgan fingerprint density at radius 3 is 2.70 bits per heavy atom. The topological polar surface area (TPSA) is 12.9 Å². The molecule has 0 radical (unpaired) electrons. The van der Waals surface area contributed by atoms with E-state index in [9.17, 15) is 4.39 Å². The molecule has 1 heterocycles. The highest BCUT2D eigenvalue weighted by Crippen LogP contribution is 2.17. The molecule has 0 bridgehead atoms. The third-order valence-corrected chi connectivity index (χ3v) is 2.11. The molecule has 0 fully saturated rings. The normalized spacial score (nSPS) is 10.8. The second-order valence-electron chi connectivity index (χ2n) is 2.45. The maximum Gasteiger partial charge on any atom is 0.141 e. The Balaban J connectivity index is 2.78. The molecule has 0 aliphatic rings. The Morgan fingerprint density at radius 2 is 2.40 bits per heavy atom. The summed E-state index contributed by atoms with van der Waals surface area (Å²) in [5.41, 5.74) is 0.998. The first-order valence-electron chi connectivity index (χ1n) is 3.24. The van der Waals surface area contributed by atoms with Gasteiger partial charge in [0.05, 0.1) is 5.69 Å². The van der Waals surface area contributed by atoms with Crippen LogP contribution in [-0.2, 0) is 6.67 Å². The maximum absolute atomic E-state index is 12.0. The number of halogens is 1. The molecule has 3 heteroatoms. The van der Waals surface area contributed by atoms with Crippen LogP contribution in [0, 0.1) is 0 Å². The molecule has 0 N–H and O–H groups in total. The number of nitrogens with zero attached hydrogens (tertiary/aromatic N) is 1. The van der Waals surface area contributed by atoms with E-state index in [1.807, 2.05) is 5.38 Å². The lowest BCUT2D eigenvalue weighted by Gasteiger charge is -1.95. The third kappa shape index (κ3) is 1.53. The first kappa shape index (κ1) is 7.66. The molecule has 0 saturated heterocycles. The summed E-state index contributed by atoms with van der Waals surface area (Å²) in [7, 11) is 0. The van der Waals surface area contributed by atoms with Gasteiger partial charge in [-0.05, 0) is 5.92 Å². The summed E-state index contributed by atoms with van der Waals surface area (Å²) < 4.78 is 12.0. The van der Waals surface area contributed by atoms with Gasteiger partial charge in [0.1, 0.15) is 11.7 Å². The zero-order valence-electron chi connectivity index (χ0n) is 6.10. The van der Waals surface area contributed by atoms with Gasteiger partial charge in [-0.2, -0.15) is 0 Å². The number of hydrogen-bond donors (Lipinski definition) is 0. The summed E-state index contributed by atoms with van der Waals surface area (Å²) in [6.45, 7) is 3.67. The Kier molecular flexibility index (Phi) is 2.38. The van der Waals surface area contributed by atoms with E-state index in [4.69, 9.17) is 0 Å². The minimum absolute atomic E-state index is 0.413. The quantitative estimate of drug-likeness (QED) is 0.646. The van der Waals surface area contributed by atoms with Crippen LogP contribution >= 0.6 is 11.3 Å². The monoisotopic (exact) mass is 159 g/mol. The molecular weight excluding hydrogens is 149 g/mol. The van der Waals surface area contributed by atoms with E-state index in [0.717, 1.165) is 5.69 Å². The Morgan fingerprint density at radius 1 is 1.70 bits per heavy atom. The molecule has 1 nitrogen and oxygen atoms in total. The van der Waals surface area contributed by atoms with Crippen molar-refractivity contribution in [2.75, 3.05) is 0 Å². The van der Waals surface area contributed by atoms with E-state index in [-0.39, 0.29) is 0 Å². The number of aromatic nitrogens is 1. The fourth-order valence-electron chi connectivity index (χ4n) is 0.652. The van der Waals surface area contributed by atoms with Crippen molar-refractivity contribution in [2.45, 2.75) is 26.4 Å². The average Bonchev–Trinajstić information content (AvgIpc) is 2.34. The van der Waals surface area contributed by atoms with Crippen molar-refractivity contribution in [2.24, 2.45) is 0 Å². The van der Waals surface area contributed by atoms with Crippen LogP contribution in [0.4, 0.5) is 4.39 Å². The molecule has 0 saturated carbocycles. The van der Waals surface area contributed by atoms with Crippen LogP contribution in [-0.4, -0.2) is 4.98 Å². The van der Waals surface area contributed by atoms with Crippen molar-refractivity contribution in [1.82, 2.24) is 4.98 Å². The molecular formula is C7H10FNS. The fourth-order valence-corrected chi connectivity index (χ4v) is 1.45.